The molecule has 0 aliphatic rings. The molecule has 0 atom stereocenters. The lowest BCUT2D eigenvalue weighted by Crippen LogP contribution is -2.18. The number of hydrogen-bond acceptors (Lipinski definition) is 3. The van der Waals surface area contributed by atoms with Crippen molar-refractivity contribution in [3.05, 3.63) is 58.6 Å². The van der Waals surface area contributed by atoms with Gasteiger partial charge < -0.3 is 9.55 Å². The van der Waals surface area contributed by atoms with Gasteiger partial charge in [0.25, 0.3) is 5.56 Å². The molecule has 1 amide bonds. The number of hydroxylamine groups is 1. The second kappa shape index (κ2) is 6.85. The van der Waals surface area contributed by atoms with Crippen LogP contribution in [-0.4, -0.2) is 20.7 Å². The van der Waals surface area contributed by atoms with Crippen LogP contribution in [0.1, 0.15) is 19.3 Å². The quantitative estimate of drug-likeness (QED) is 0.287. The minimum Gasteiger partial charge on any atom is -0.339 e. The number of nitrogens with one attached hydrogen (secondary N) is 2. The molecule has 138 valence electrons. The van der Waals surface area contributed by atoms with E-state index in [1.165, 1.54) is 12.1 Å². The normalized spacial score (nSPS) is 11.5. The molecule has 3 N–H and O–H groups in total. The molecule has 7 heteroatoms. The first-order valence-electron chi connectivity index (χ1n) is 8.75. The van der Waals surface area contributed by atoms with Gasteiger partial charge >= 0.3 is 0 Å². The first-order valence-corrected chi connectivity index (χ1v) is 8.75. The van der Waals surface area contributed by atoms with E-state index in [9.17, 15) is 14.0 Å². The van der Waals surface area contributed by atoms with Gasteiger partial charge in [-0.3, -0.25) is 14.8 Å². The summed E-state index contributed by atoms with van der Waals surface area (Å²) in [6, 6.07) is 11.9. The standard InChI is InChI=1S/C20H18FN3O3/c21-12-8-9-16-15(11-12)18-19(24(16)10-4-3-7-17(25)23-27)13-5-1-2-6-14(13)20(26)22-18/h1-2,5-6,8-9,11,27H,3-4,7,10H2,(H,22,26)(H,23,25). The van der Waals surface area contributed by atoms with Crippen LogP contribution in [0.15, 0.2) is 47.3 Å². The molecule has 0 unspecified atom stereocenters. The first-order chi connectivity index (χ1) is 13.1. The van der Waals surface area contributed by atoms with E-state index in [0.717, 1.165) is 16.4 Å². The van der Waals surface area contributed by atoms with Gasteiger partial charge in [0.2, 0.25) is 5.91 Å². The Bertz CT molecular complexity index is 1230. The number of aromatic nitrogens is 2. The molecule has 0 saturated carbocycles. The van der Waals surface area contributed by atoms with Crippen molar-refractivity contribution in [2.45, 2.75) is 25.8 Å². The van der Waals surface area contributed by atoms with Crippen molar-refractivity contribution in [1.29, 1.82) is 0 Å². The number of benzene rings is 2. The van der Waals surface area contributed by atoms with E-state index < -0.39 is 5.91 Å². The minimum absolute atomic E-state index is 0.207. The van der Waals surface area contributed by atoms with Gasteiger partial charge in [0.05, 0.1) is 16.6 Å². The number of H-pyrrole nitrogens is 1. The average molecular weight is 367 g/mol. The number of aromatic amines is 1. The molecule has 0 fully saturated rings. The van der Waals surface area contributed by atoms with Crippen molar-refractivity contribution in [1.82, 2.24) is 15.0 Å². The molecule has 0 saturated heterocycles. The number of hydrogen-bond donors (Lipinski definition) is 3. The van der Waals surface area contributed by atoms with E-state index in [4.69, 9.17) is 5.21 Å². The number of nitrogens with zero attached hydrogens (tertiary/aromatic N) is 1. The number of pyridine rings is 1. The van der Waals surface area contributed by atoms with Gasteiger partial charge in [-0.05, 0) is 37.1 Å². The number of aryl methyl sites for hydroxylation is 1. The van der Waals surface area contributed by atoms with Gasteiger partial charge in [0, 0.05) is 29.1 Å². The molecular formula is C20H18FN3O3. The number of carbonyl (C=O) groups is 1. The molecule has 2 aromatic carbocycles. The zero-order valence-corrected chi connectivity index (χ0v) is 14.5. The maximum Gasteiger partial charge on any atom is 0.256 e. The SMILES string of the molecule is O=C(CCCCn1c2ccc(F)cc2c2[nH]c(=O)c3ccccc3c21)NO. The fraction of sp³-hybridized carbons (Fsp3) is 0.200. The summed E-state index contributed by atoms with van der Waals surface area (Å²) in [6.45, 7) is 0.598. The van der Waals surface area contributed by atoms with Crippen LogP contribution in [0, 0.1) is 5.82 Å². The largest absolute Gasteiger partial charge is 0.339 e. The Morgan fingerprint density at radius 2 is 1.89 bits per heavy atom. The van der Waals surface area contributed by atoms with Gasteiger partial charge in [-0.2, -0.15) is 0 Å². The van der Waals surface area contributed by atoms with Crippen molar-refractivity contribution in [3.63, 3.8) is 0 Å². The second-order valence-electron chi connectivity index (χ2n) is 6.53. The average Bonchev–Trinajstić information content (AvgIpc) is 2.98. The molecule has 0 spiro atoms. The third-order valence-electron chi connectivity index (χ3n) is 4.85. The molecule has 0 radical (unpaired) electrons. The summed E-state index contributed by atoms with van der Waals surface area (Å²) in [6.07, 6.45) is 1.51. The minimum atomic E-state index is -0.422. The van der Waals surface area contributed by atoms with Gasteiger partial charge in [-0.15, -0.1) is 0 Å². The van der Waals surface area contributed by atoms with Crippen molar-refractivity contribution < 1.29 is 14.4 Å². The number of unbranched alkanes of at least 4 members (excludes halogenated alkanes) is 1. The topological polar surface area (TPSA) is 87.1 Å². The number of carbonyl (C=O) groups excluding carboxylic acids is 1. The predicted molar refractivity (Wildman–Crippen MR) is 101 cm³/mol. The summed E-state index contributed by atoms with van der Waals surface area (Å²) in [5, 5.41) is 10.6. The van der Waals surface area contributed by atoms with Crippen LogP contribution < -0.4 is 11.0 Å². The monoisotopic (exact) mass is 367 g/mol. The van der Waals surface area contributed by atoms with Crippen LogP contribution in [-0.2, 0) is 11.3 Å². The molecule has 0 aliphatic heterocycles. The fourth-order valence-electron chi connectivity index (χ4n) is 3.65. The van der Waals surface area contributed by atoms with Crippen LogP contribution in [0.2, 0.25) is 0 Å². The number of halogens is 1. The maximum absolute atomic E-state index is 13.9. The highest BCUT2D eigenvalue weighted by Crippen LogP contribution is 2.32. The Labute approximate surface area is 153 Å². The fourth-order valence-corrected chi connectivity index (χ4v) is 3.65. The Kier molecular flexibility index (Phi) is 4.37. The van der Waals surface area contributed by atoms with E-state index in [2.05, 4.69) is 9.55 Å². The lowest BCUT2D eigenvalue weighted by molar-refractivity contribution is -0.129. The highest BCUT2D eigenvalue weighted by Gasteiger charge is 2.16. The van der Waals surface area contributed by atoms with Crippen LogP contribution in [0.25, 0.3) is 32.7 Å². The van der Waals surface area contributed by atoms with Crippen LogP contribution in [0.3, 0.4) is 0 Å². The summed E-state index contributed by atoms with van der Waals surface area (Å²) in [4.78, 5) is 26.6. The van der Waals surface area contributed by atoms with Gasteiger partial charge in [0.1, 0.15) is 5.82 Å². The van der Waals surface area contributed by atoms with Crippen molar-refractivity contribution in [3.8, 4) is 0 Å². The lowest BCUT2D eigenvalue weighted by Gasteiger charge is -2.09. The third kappa shape index (κ3) is 2.96. The molecule has 2 aromatic heterocycles. The Morgan fingerprint density at radius 1 is 1.11 bits per heavy atom. The predicted octanol–water partition coefficient (Wildman–Crippen LogP) is 3.45. The molecule has 2 heterocycles. The smallest absolute Gasteiger partial charge is 0.256 e. The van der Waals surface area contributed by atoms with Gasteiger partial charge in [-0.1, -0.05) is 18.2 Å². The Balaban J connectivity index is 1.90. The summed E-state index contributed by atoms with van der Waals surface area (Å²) in [7, 11) is 0. The summed E-state index contributed by atoms with van der Waals surface area (Å²) in [5.74, 6) is -0.788. The van der Waals surface area contributed by atoms with E-state index in [1.54, 1.807) is 17.6 Å². The summed E-state index contributed by atoms with van der Waals surface area (Å²) >= 11 is 0. The number of amides is 1. The third-order valence-corrected chi connectivity index (χ3v) is 4.85. The summed E-state index contributed by atoms with van der Waals surface area (Å²) in [5.41, 5.74) is 3.70. The zero-order chi connectivity index (χ0) is 19.0. The molecule has 0 bridgehead atoms. The van der Waals surface area contributed by atoms with Crippen molar-refractivity contribution in [2.75, 3.05) is 0 Å². The lowest BCUT2D eigenvalue weighted by atomic mass is 10.1. The van der Waals surface area contributed by atoms with E-state index in [-0.39, 0.29) is 17.8 Å². The second-order valence-corrected chi connectivity index (χ2v) is 6.53. The first kappa shape index (κ1) is 17.2. The van der Waals surface area contributed by atoms with Gasteiger partial charge in [0.15, 0.2) is 0 Å². The Hall–Kier alpha value is -3.19. The van der Waals surface area contributed by atoms with Crippen LogP contribution in [0.5, 0.6) is 0 Å². The van der Waals surface area contributed by atoms with Crippen LogP contribution in [0.4, 0.5) is 4.39 Å². The molecule has 4 rings (SSSR count). The number of fused-ring (bicyclic) bond motifs is 5. The van der Waals surface area contributed by atoms with E-state index >= 15 is 0 Å². The van der Waals surface area contributed by atoms with Crippen LogP contribution >= 0.6 is 0 Å². The molecular weight excluding hydrogens is 349 g/mol. The van der Waals surface area contributed by atoms with E-state index in [1.807, 2.05) is 18.2 Å². The zero-order valence-electron chi connectivity index (χ0n) is 14.5. The van der Waals surface area contributed by atoms with E-state index in [0.29, 0.717) is 35.7 Å². The highest BCUT2D eigenvalue weighted by atomic mass is 19.1. The summed E-state index contributed by atoms with van der Waals surface area (Å²) < 4.78 is 15.9. The number of rotatable bonds is 5. The molecule has 6 nitrogen and oxygen atoms in total. The highest BCUT2D eigenvalue weighted by molar-refractivity contribution is 6.15. The maximum atomic E-state index is 13.9. The van der Waals surface area contributed by atoms with Crippen molar-refractivity contribution in [2.24, 2.45) is 0 Å². The van der Waals surface area contributed by atoms with Crippen molar-refractivity contribution >= 4 is 38.6 Å². The Morgan fingerprint density at radius 3 is 2.67 bits per heavy atom. The van der Waals surface area contributed by atoms with Gasteiger partial charge in [-0.25, -0.2) is 9.87 Å². The molecule has 4 aromatic rings. The molecule has 0 aliphatic carbocycles. The molecule has 27 heavy (non-hydrogen) atoms.